The minimum Gasteiger partial charge on any atom is -0.496 e. The summed E-state index contributed by atoms with van der Waals surface area (Å²) in [5, 5.41) is 3.61. The van der Waals surface area contributed by atoms with Gasteiger partial charge in [-0.1, -0.05) is 91.1 Å². The molecule has 0 aliphatic heterocycles. The van der Waals surface area contributed by atoms with Gasteiger partial charge in [-0.25, -0.2) is 8.42 Å². The summed E-state index contributed by atoms with van der Waals surface area (Å²) in [6.07, 6.45) is 0.195. The molecule has 0 saturated carbocycles. The molecule has 254 valence electrons. The number of hydrogen-bond acceptors (Lipinski definition) is 5. The molecule has 1 atom stereocenters. The zero-order valence-electron chi connectivity index (χ0n) is 27.1. The van der Waals surface area contributed by atoms with Crippen molar-refractivity contribution in [2.45, 2.75) is 44.7 Å². The topological polar surface area (TPSA) is 96.0 Å². The third-order valence-electron chi connectivity index (χ3n) is 7.60. The highest BCUT2D eigenvalue weighted by Crippen LogP contribution is 2.31. The Balaban J connectivity index is 1.82. The van der Waals surface area contributed by atoms with E-state index in [9.17, 15) is 18.0 Å². The average Bonchev–Trinajstić information content (AvgIpc) is 3.06. The molecule has 0 spiro atoms. The summed E-state index contributed by atoms with van der Waals surface area (Å²) in [6.45, 7) is 5.63. The van der Waals surface area contributed by atoms with E-state index in [2.05, 4.69) is 21.2 Å². The number of rotatable bonds is 14. The van der Waals surface area contributed by atoms with Crippen LogP contribution in [0.25, 0.3) is 0 Å². The summed E-state index contributed by atoms with van der Waals surface area (Å²) in [4.78, 5) is 29.9. The molecule has 8 nitrogen and oxygen atoms in total. The number of nitrogens with zero attached hydrogens (tertiary/aromatic N) is 2. The van der Waals surface area contributed by atoms with Gasteiger partial charge in [0, 0.05) is 19.5 Å². The lowest BCUT2D eigenvalue weighted by molar-refractivity contribution is -0.140. The van der Waals surface area contributed by atoms with Crippen LogP contribution in [0, 0.1) is 12.8 Å². The van der Waals surface area contributed by atoms with Gasteiger partial charge >= 0.3 is 0 Å². The third-order valence-corrected chi connectivity index (χ3v) is 10.7. The summed E-state index contributed by atoms with van der Waals surface area (Å²) < 4.78 is 35.4. The van der Waals surface area contributed by atoms with Crippen molar-refractivity contribution in [2.75, 3.05) is 24.5 Å². The third kappa shape index (κ3) is 9.53. The molecule has 12 heteroatoms. The van der Waals surface area contributed by atoms with Crippen molar-refractivity contribution in [3.63, 3.8) is 0 Å². The average molecular weight is 776 g/mol. The Hall–Kier alpha value is -3.57. The van der Waals surface area contributed by atoms with Crippen molar-refractivity contribution in [3.8, 4) is 5.75 Å². The number of nitrogens with one attached hydrogen (secondary N) is 1. The van der Waals surface area contributed by atoms with Crippen LogP contribution in [-0.4, -0.2) is 51.4 Å². The first-order chi connectivity index (χ1) is 22.8. The fourth-order valence-electron chi connectivity index (χ4n) is 4.99. The van der Waals surface area contributed by atoms with Gasteiger partial charge in [-0.05, 0) is 82.4 Å². The Bertz CT molecular complexity index is 1840. The van der Waals surface area contributed by atoms with Crippen LogP contribution in [0.2, 0.25) is 10.0 Å². The summed E-state index contributed by atoms with van der Waals surface area (Å²) >= 11 is 15.9. The number of anilines is 1. The van der Waals surface area contributed by atoms with Crippen LogP contribution in [-0.2, 0) is 32.6 Å². The van der Waals surface area contributed by atoms with Gasteiger partial charge in [0.15, 0.2) is 0 Å². The molecule has 0 aromatic heterocycles. The van der Waals surface area contributed by atoms with Crippen LogP contribution in [0.3, 0.4) is 0 Å². The largest absolute Gasteiger partial charge is 0.496 e. The Morgan fingerprint density at radius 3 is 2.19 bits per heavy atom. The van der Waals surface area contributed by atoms with Gasteiger partial charge < -0.3 is 15.0 Å². The van der Waals surface area contributed by atoms with Crippen molar-refractivity contribution in [2.24, 2.45) is 5.92 Å². The molecule has 48 heavy (non-hydrogen) atoms. The van der Waals surface area contributed by atoms with Crippen LogP contribution < -0.4 is 14.4 Å². The molecule has 0 saturated heterocycles. The summed E-state index contributed by atoms with van der Waals surface area (Å²) in [5.41, 5.74) is 2.66. The lowest BCUT2D eigenvalue weighted by Gasteiger charge is -2.34. The van der Waals surface area contributed by atoms with Gasteiger partial charge in [-0.3, -0.25) is 13.9 Å². The van der Waals surface area contributed by atoms with Crippen molar-refractivity contribution < 1.29 is 22.7 Å². The molecule has 0 bridgehead atoms. The van der Waals surface area contributed by atoms with Gasteiger partial charge in [0.1, 0.15) is 18.3 Å². The zero-order chi connectivity index (χ0) is 35.0. The Kier molecular flexibility index (Phi) is 13.0. The van der Waals surface area contributed by atoms with Gasteiger partial charge in [-0.2, -0.15) is 0 Å². The number of amides is 2. The molecular weight excluding hydrogens is 737 g/mol. The Morgan fingerprint density at radius 1 is 0.896 bits per heavy atom. The highest BCUT2D eigenvalue weighted by molar-refractivity contribution is 9.10. The highest BCUT2D eigenvalue weighted by atomic mass is 79.9. The number of aryl methyl sites for hydroxylation is 1. The molecule has 1 N–H and O–H groups in total. The molecule has 2 amide bonds. The molecule has 0 unspecified atom stereocenters. The molecule has 0 radical (unpaired) electrons. The van der Waals surface area contributed by atoms with E-state index in [1.807, 2.05) is 51.1 Å². The van der Waals surface area contributed by atoms with E-state index in [1.165, 1.54) is 30.2 Å². The van der Waals surface area contributed by atoms with Crippen LogP contribution in [0.1, 0.15) is 30.5 Å². The maximum Gasteiger partial charge on any atom is 0.264 e. The van der Waals surface area contributed by atoms with E-state index < -0.39 is 28.5 Å². The van der Waals surface area contributed by atoms with Crippen LogP contribution in [0.15, 0.2) is 100 Å². The Labute approximate surface area is 301 Å². The van der Waals surface area contributed by atoms with Gasteiger partial charge in [0.2, 0.25) is 11.8 Å². The van der Waals surface area contributed by atoms with Crippen molar-refractivity contribution in [1.82, 2.24) is 10.2 Å². The first-order valence-corrected chi connectivity index (χ1v) is 18.3. The van der Waals surface area contributed by atoms with E-state index in [0.29, 0.717) is 38.1 Å². The van der Waals surface area contributed by atoms with Gasteiger partial charge in [0.25, 0.3) is 10.0 Å². The molecule has 0 aliphatic carbocycles. The second kappa shape index (κ2) is 16.7. The maximum absolute atomic E-state index is 14.6. The fraction of sp³-hybridized carbons (Fsp3) is 0.278. The van der Waals surface area contributed by atoms with E-state index >= 15 is 0 Å². The molecule has 4 aromatic carbocycles. The summed E-state index contributed by atoms with van der Waals surface area (Å²) in [6, 6.07) is 24.6. The van der Waals surface area contributed by atoms with E-state index in [-0.39, 0.29) is 29.7 Å². The molecule has 0 heterocycles. The van der Waals surface area contributed by atoms with E-state index in [1.54, 1.807) is 42.5 Å². The standard InChI is InChI=1S/C36H38BrCl2N3O5S/c1-24(2)21-40-36(44)33(19-26-8-6-5-7-9-26)41(22-27-12-16-31(38)32(39)18-27)35(43)23-42(28-13-10-25(3)11-14-28)48(45,46)29-15-17-34(47-4)30(37)20-29/h5-18,20,24,33H,19,21-23H2,1-4H3,(H,40,44)/t33-/m0/s1. The lowest BCUT2D eigenvalue weighted by atomic mass is 10.0. The summed E-state index contributed by atoms with van der Waals surface area (Å²) in [5.74, 6) is -0.323. The lowest BCUT2D eigenvalue weighted by Crippen LogP contribution is -2.53. The number of carbonyl (C=O) groups is 2. The SMILES string of the molecule is COc1ccc(S(=O)(=O)N(CC(=O)N(Cc2ccc(Cl)c(Cl)c2)[C@@H](Cc2ccccc2)C(=O)NCC(C)C)c2ccc(C)cc2)cc1Br. The molecular formula is C36H38BrCl2N3O5S. The monoisotopic (exact) mass is 773 g/mol. The highest BCUT2D eigenvalue weighted by Gasteiger charge is 2.35. The number of hydrogen-bond donors (Lipinski definition) is 1. The molecule has 4 aromatic rings. The number of benzene rings is 4. The summed E-state index contributed by atoms with van der Waals surface area (Å²) in [7, 11) is -2.81. The normalized spacial score (nSPS) is 12.0. The van der Waals surface area contributed by atoms with Crippen molar-refractivity contribution in [1.29, 1.82) is 0 Å². The van der Waals surface area contributed by atoms with Crippen LogP contribution >= 0.6 is 39.1 Å². The second-order valence-electron chi connectivity index (χ2n) is 11.8. The number of sulfonamides is 1. The fourth-order valence-corrected chi connectivity index (χ4v) is 7.44. The molecule has 0 aliphatic rings. The Morgan fingerprint density at radius 2 is 1.58 bits per heavy atom. The van der Waals surface area contributed by atoms with Crippen molar-refractivity contribution >= 4 is 66.7 Å². The smallest absolute Gasteiger partial charge is 0.264 e. The quantitative estimate of drug-likeness (QED) is 0.142. The zero-order valence-corrected chi connectivity index (χ0v) is 31.0. The van der Waals surface area contributed by atoms with Crippen LogP contribution in [0.4, 0.5) is 5.69 Å². The predicted octanol–water partition coefficient (Wildman–Crippen LogP) is 7.68. The van der Waals surface area contributed by atoms with Crippen molar-refractivity contribution in [3.05, 3.63) is 122 Å². The minimum absolute atomic E-state index is 0.0296. The first kappa shape index (κ1) is 37.3. The van der Waals surface area contributed by atoms with E-state index in [4.69, 9.17) is 27.9 Å². The number of methoxy groups -OCH3 is 1. The van der Waals surface area contributed by atoms with Crippen LogP contribution in [0.5, 0.6) is 5.75 Å². The number of halogens is 3. The minimum atomic E-state index is -4.29. The van der Waals surface area contributed by atoms with Gasteiger partial charge in [0.05, 0.1) is 32.2 Å². The molecule has 0 fully saturated rings. The van der Waals surface area contributed by atoms with Gasteiger partial charge in [-0.15, -0.1) is 0 Å². The number of carbonyl (C=O) groups excluding carboxylic acids is 2. The molecule has 4 rings (SSSR count). The van der Waals surface area contributed by atoms with E-state index in [0.717, 1.165) is 15.4 Å². The maximum atomic E-state index is 14.6. The predicted molar refractivity (Wildman–Crippen MR) is 195 cm³/mol. The first-order valence-electron chi connectivity index (χ1n) is 15.3. The number of ether oxygens (including phenoxy) is 1. The second-order valence-corrected chi connectivity index (χ2v) is 15.3.